The van der Waals surface area contributed by atoms with Crippen molar-refractivity contribution in [3.05, 3.63) is 11.4 Å². The van der Waals surface area contributed by atoms with Crippen LogP contribution in [-0.4, -0.2) is 47.5 Å². The average molecular weight is 303 g/mol. The molecule has 114 valence electrons. The first-order chi connectivity index (χ1) is 9.20. The Morgan fingerprint density at radius 2 is 1.90 bits per heavy atom. The van der Waals surface area contributed by atoms with E-state index < -0.39 is 21.1 Å². The molecular formula is C12H21N3O4S. The minimum atomic E-state index is -3.16. The molecule has 0 saturated heterocycles. The van der Waals surface area contributed by atoms with Crippen LogP contribution in [0, 0.1) is 0 Å². The van der Waals surface area contributed by atoms with Crippen LogP contribution in [0.1, 0.15) is 49.8 Å². The van der Waals surface area contributed by atoms with Gasteiger partial charge in [-0.3, -0.25) is 0 Å². The van der Waals surface area contributed by atoms with Crippen LogP contribution in [0.2, 0.25) is 0 Å². The van der Waals surface area contributed by atoms with Gasteiger partial charge in [0.25, 0.3) is 0 Å². The predicted octanol–water partition coefficient (Wildman–Crippen LogP) is 1.01. The maximum Gasteiger partial charge on any atom is 0.360 e. The fourth-order valence-corrected chi connectivity index (χ4v) is 2.65. The van der Waals surface area contributed by atoms with Gasteiger partial charge in [0, 0.05) is 0 Å². The van der Waals surface area contributed by atoms with Crippen molar-refractivity contribution in [3.63, 3.8) is 0 Å². The van der Waals surface area contributed by atoms with Crippen molar-refractivity contribution in [2.75, 3.05) is 12.9 Å². The Morgan fingerprint density at radius 1 is 1.30 bits per heavy atom. The standard InChI is InChI=1S/C12H21N3O4S/c1-8(2)11-10(12(16)19-5)13-14-15(11)6-7-20(17,18)9(3)4/h8-9H,6-7H2,1-5H3. The molecule has 0 spiro atoms. The van der Waals surface area contributed by atoms with Crippen LogP contribution < -0.4 is 0 Å². The maximum absolute atomic E-state index is 11.8. The van der Waals surface area contributed by atoms with E-state index in [9.17, 15) is 13.2 Å². The van der Waals surface area contributed by atoms with E-state index in [1.165, 1.54) is 11.8 Å². The molecule has 8 heteroatoms. The highest BCUT2D eigenvalue weighted by Crippen LogP contribution is 2.18. The number of rotatable bonds is 6. The second-order valence-corrected chi connectivity index (χ2v) is 7.79. The molecule has 1 heterocycles. The molecular weight excluding hydrogens is 282 g/mol. The number of hydrogen-bond acceptors (Lipinski definition) is 6. The molecule has 7 nitrogen and oxygen atoms in total. The third kappa shape index (κ3) is 3.56. The summed E-state index contributed by atoms with van der Waals surface area (Å²) in [5.74, 6) is -0.610. The van der Waals surface area contributed by atoms with Gasteiger partial charge >= 0.3 is 5.97 Å². The van der Waals surface area contributed by atoms with Crippen LogP contribution in [0.3, 0.4) is 0 Å². The number of aryl methyl sites for hydroxylation is 1. The lowest BCUT2D eigenvalue weighted by Gasteiger charge is -2.12. The molecule has 0 aromatic carbocycles. The van der Waals surface area contributed by atoms with E-state index in [0.29, 0.717) is 5.69 Å². The van der Waals surface area contributed by atoms with Crippen molar-refractivity contribution >= 4 is 15.8 Å². The van der Waals surface area contributed by atoms with Gasteiger partial charge in [0.05, 0.1) is 30.4 Å². The van der Waals surface area contributed by atoms with Crippen molar-refractivity contribution in [2.45, 2.75) is 45.4 Å². The highest BCUT2D eigenvalue weighted by Gasteiger charge is 2.24. The fraction of sp³-hybridized carbons (Fsp3) is 0.750. The maximum atomic E-state index is 11.8. The number of nitrogens with zero attached hydrogens (tertiary/aromatic N) is 3. The molecule has 1 aromatic heterocycles. The number of carbonyl (C=O) groups is 1. The summed E-state index contributed by atoms with van der Waals surface area (Å²) < 4.78 is 29.8. The van der Waals surface area contributed by atoms with Gasteiger partial charge in [0.2, 0.25) is 0 Å². The van der Waals surface area contributed by atoms with E-state index >= 15 is 0 Å². The van der Waals surface area contributed by atoms with Gasteiger partial charge in [-0.15, -0.1) is 5.10 Å². The zero-order valence-corrected chi connectivity index (χ0v) is 13.3. The van der Waals surface area contributed by atoms with Crippen LogP contribution in [-0.2, 0) is 21.1 Å². The number of carbonyl (C=O) groups excluding carboxylic acids is 1. The molecule has 0 aliphatic rings. The van der Waals surface area contributed by atoms with E-state index in [1.807, 2.05) is 13.8 Å². The lowest BCUT2D eigenvalue weighted by atomic mass is 10.1. The van der Waals surface area contributed by atoms with Gasteiger partial charge < -0.3 is 4.74 Å². The Bertz CT molecular complexity index is 576. The largest absolute Gasteiger partial charge is 0.464 e. The number of ether oxygens (including phenoxy) is 1. The topological polar surface area (TPSA) is 91.2 Å². The fourth-order valence-electron chi connectivity index (χ4n) is 1.75. The number of methoxy groups -OCH3 is 1. The molecule has 1 aromatic rings. The van der Waals surface area contributed by atoms with Crippen LogP contribution in [0.15, 0.2) is 0 Å². The van der Waals surface area contributed by atoms with Crippen LogP contribution in [0.25, 0.3) is 0 Å². The normalized spacial score (nSPS) is 12.2. The minimum Gasteiger partial charge on any atom is -0.464 e. The highest BCUT2D eigenvalue weighted by molar-refractivity contribution is 7.91. The molecule has 0 aliphatic carbocycles. The van der Waals surface area contributed by atoms with Crippen molar-refractivity contribution < 1.29 is 17.9 Å². The van der Waals surface area contributed by atoms with Gasteiger partial charge in [-0.1, -0.05) is 19.1 Å². The quantitative estimate of drug-likeness (QED) is 0.728. The van der Waals surface area contributed by atoms with Crippen molar-refractivity contribution in [3.8, 4) is 0 Å². The van der Waals surface area contributed by atoms with Crippen molar-refractivity contribution in [1.82, 2.24) is 15.0 Å². The van der Waals surface area contributed by atoms with E-state index in [2.05, 4.69) is 15.0 Å². The molecule has 0 aliphatic heterocycles. The van der Waals surface area contributed by atoms with Crippen molar-refractivity contribution in [1.29, 1.82) is 0 Å². The smallest absolute Gasteiger partial charge is 0.360 e. The third-order valence-electron chi connectivity index (χ3n) is 3.00. The van der Waals surface area contributed by atoms with Gasteiger partial charge in [-0.2, -0.15) is 0 Å². The highest BCUT2D eigenvalue weighted by atomic mass is 32.2. The van der Waals surface area contributed by atoms with Crippen LogP contribution in [0.4, 0.5) is 0 Å². The zero-order chi connectivity index (χ0) is 15.5. The number of esters is 1. The summed E-state index contributed by atoms with van der Waals surface area (Å²) >= 11 is 0. The Labute approximate surface area is 119 Å². The van der Waals surface area contributed by atoms with E-state index in [4.69, 9.17) is 0 Å². The summed E-state index contributed by atoms with van der Waals surface area (Å²) in [5.41, 5.74) is 0.736. The number of sulfone groups is 1. The zero-order valence-electron chi connectivity index (χ0n) is 12.5. The number of aromatic nitrogens is 3. The molecule has 0 fully saturated rings. The SMILES string of the molecule is COC(=O)c1nnn(CCS(=O)(=O)C(C)C)c1C(C)C. The van der Waals surface area contributed by atoms with Crippen molar-refractivity contribution in [2.24, 2.45) is 0 Å². The molecule has 0 bridgehead atoms. The van der Waals surface area contributed by atoms with Crippen LogP contribution in [0.5, 0.6) is 0 Å². The van der Waals surface area contributed by atoms with Gasteiger partial charge in [-0.05, 0) is 19.8 Å². The molecule has 0 unspecified atom stereocenters. The summed E-state index contributed by atoms with van der Waals surface area (Å²) in [7, 11) is -1.89. The monoisotopic (exact) mass is 303 g/mol. The Balaban J connectivity index is 3.03. The summed E-state index contributed by atoms with van der Waals surface area (Å²) in [4.78, 5) is 11.6. The molecule has 0 atom stereocenters. The summed E-state index contributed by atoms with van der Waals surface area (Å²) in [5, 5.41) is 7.23. The Kier molecular flexibility index (Phi) is 5.27. The summed E-state index contributed by atoms with van der Waals surface area (Å²) in [6.45, 7) is 7.23. The molecule has 0 N–H and O–H groups in total. The predicted molar refractivity (Wildman–Crippen MR) is 74.4 cm³/mol. The van der Waals surface area contributed by atoms with E-state index in [-0.39, 0.29) is 23.9 Å². The summed E-state index contributed by atoms with van der Waals surface area (Å²) in [6, 6.07) is 0. The first kappa shape index (κ1) is 16.6. The van der Waals surface area contributed by atoms with Crippen LogP contribution >= 0.6 is 0 Å². The minimum absolute atomic E-state index is 0.0131. The number of hydrogen-bond donors (Lipinski definition) is 0. The second-order valence-electron chi connectivity index (χ2n) is 5.11. The van der Waals surface area contributed by atoms with Gasteiger partial charge in [0.15, 0.2) is 15.5 Å². The Hall–Kier alpha value is -1.44. The third-order valence-corrected chi connectivity index (χ3v) is 5.19. The lowest BCUT2D eigenvalue weighted by Crippen LogP contribution is -2.23. The average Bonchev–Trinajstić information content (AvgIpc) is 2.79. The molecule has 20 heavy (non-hydrogen) atoms. The van der Waals surface area contributed by atoms with Gasteiger partial charge in [-0.25, -0.2) is 17.9 Å². The molecule has 0 amide bonds. The first-order valence-electron chi connectivity index (χ1n) is 6.44. The first-order valence-corrected chi connectivity index (χ1v) is 8.15. The van der Waals surface area contributed by atoms with E-state index in [0.717, 1.165) is 0 Å². The lowest BCUT2D eigenvalue weighted by molar-refractivity contribution is 0.0592. The van der Waals surface area contributed by atoms with E-state index in [1.54, 1.807) is 13.8 Å². The van der Waals surface area contributed by atoms with Gasteiger partial charge in [0.1, 0.15) is 0 Å². The molecule has 0 radical (unpaired) electrons. The molecule has 1 rings (SSSR count). The summed E-state index contributed by atoms with van der Waals surface area (Å²) in [6.07, 6.45) is 0. The molecule has 0 saturated carbocycles. The second kappa shape index (κ2) is 6.34. The Morgan fingerprint density at radius 3 is 2.35 bits per heavy atom.